The second-order valence-electron chi connectivity index (χ2n) is 6.47. The van der Waals surface area contributed by atoms with Gasteiger partial charge in [0.15, 0.2) is 0 Å². The average molecular weight is 422 g/mol. The van der Waals surface area contributed by atoms with Gasteiger partial charge in [-0.3, -0.25) is 9.59 Å². The summed E-state index contributed by atoms with van der Waals surface area (Å²) in [6.07, 6.45) is 2.02. The van der Waals surface area contributed by atoms with Crippen LogP contribution in [0.25, 0.3) is 20.7 Å². The van der Waals surface area contributed by atoms with Crippen LogP contribution in [0.2, 0.25) is 0 Å². The zero-order chi connectivity index (χ0) is 19.4. The third kappa shape index (κ3) is 4.80. The fraction of sp³-hybridized carbons (Fsp3) is 0.421. The maximum absolute atomic E-state index is 12.7. The number of thiophene rings is 2. The molecule has 2 atom stereocenters. The number of nitrogens with one attached hydrogen (secondary N) is 2. The van der Waals surface area contributed by atoms with Crippen LogP contribution in [-0.4, -0.2) is 27.7 Å². The molecule has 0 aliphatic heterocycles. The van der Waals surface area contributed by atoms with E-state index in [0.29, 0.717) is 17.0 Å². The van der Waals surface area contributed by atoms with E-state index in [1.807, 2.05) is 36.7 Å². The number of rotatable bonds is 8. The first-order valence-corrected chi connectivity index (χ1v) is 11.8. The Morgan fingerprint density at radius 2 is 2.19 bits per heavy atom. The second kappa shape index (κ2) is 9.03. The highest BCUT2D eigenvalue weighted by atomic mass is 32.2. The van der Waals surface area contributed by atoms with Gasteiger partial charge in [0.05, 0.1) is 16.4 Å². The van der Waals surface area contributed by atoms with Crippen LogP contribution >= 0.6 is 34.4 Å². The molecule has 3 heterocycles. The molecular weight excluding hydrogens is 398 g/mol. The number of nitrogens with zero attached hydrogens (tertiary/aromatic N) is 1. The van der Waals surface area contributed by atoms with E-state index in [1.54, 1.807) is 11.3 Å². The topological polar surface area (TPSA) is 74.8 Å². The summed E-state index contributed by atoms with van der Waals surface area (Å²) in [5.74, 6) is 0.987. The molecule has 5 nitrogen and oxygen atoms in total. The number of hydrogen-bond donors (Lipinski definition) is 2. The third-order valence-corrected chi connectivity index (χ3v) is 7.15. The molecule has 0 aromatic carbocycles. The number of H-pyrrole nitrogens is 1. The molecule has 0 saturated carbocycles. The molecule has 3 rings (SSSR count). The van der Waals surface area contributed by atoms with Crippen LogP contribution in [0.1, 0.15) is 44.7 Å². The number of aromatic nitrogens is 2. The Kier molecular flexibility index (Phi) is 6.73. The molecule has 144 valence electrons. The Morgan fingerprint density at radius 1 is 1.37 bits per heavy atom. The van der Waals surface area contributed by atoms with Crippen molar-refractivity contribution in [3.05, 3.63) is 39.1 Å². The second-order valence-corrected chi connectivity index (χ2v) is 9.60. The standard InChI is InChI=1S/C19H23N3O2S3/c1-4-6-11(2)20-15(23)10-26-12(3)17-21-18(24)16-13(9-27-19(16)22-17)14-7-5-8-25-14/h5,7-9,11-12H,4,6,10H2,1-3H3,(H,20,23)(H,21,22,24)/t11-,12-/m1/s1. The van der Waals surface area contributed by atoms with Gasteiger partial charge in [0, 0.05) is 21.9 Å². The maximum atomic E-state index is 12.7. The van der Waals surface area contributed by atoms with E-state index in [0.717, 1.165) is 28.1 Å². The summed E-state index contributed by atoms with van der Waals surface area (Å²) in [7, 11) is 0. The van der Waals surface area contributed by atoms with Crippen molar-refractivity contribution in [2.24, 2.45) is 0 Å². The molecule has 0 aliphatic rings. The van der Waals surface area contributed by atoms with Gasteiger partial charge in [-0.15, -0.1) is 34.4 Å². The molecule has 2 N–H and O–H groups in total. The van der Waals surface area contributed by atoms with Crippen molar-refractivity contribution in [2.45, 2.75) is 44.9 Å². The Bertz CT molecular complexity index is 962. The third-order valence-electron chi connectivity index (χ3n) is 4.23. The molecule has 0 spiro atoms. The predicted molar refractivity (Wildman–Crippen MR) is 117 cm³/mol. The first kappa shape index (κ1) is 20.1. The SMILES string of the molecule is CCC[C@@H](C)NC(=O)CS[C@H](C)c1nc2scc(-c3cccs3)c2c(=O)[nH]1. The van der Waals surface area contributed by atoms with Gasteiger partial charge < -0.3 is 10.3 Å². The van der Waals surface area contributed by atoms with Crippen molar-refractivity contribution in [1.82, 2.24) is 15.3 Å². The van der Waals surface area contributed by atoms with Crippen molar-refractivity contribution in [1.29, 1.82) is 0 Å². The van der Waals surface area contributed by atoms with Gasteiger partial charge in [0.25, 0.3) is 5.56 Å². The molecule has 1 amide bonds. The molecular formula is C19H23N3O2S3. The number of aromatic amines is 1. The zero-order valence-electron chi connectivity index (χ0n) is 15.6. The predicted octanol–water partition coefficient (Wildman–Crippen LogP) is 4.81. The first-order valence-electron chi connectivity index (χ1n) is 8.95. The van der Waals surface area contributed by atoms with Crippen LogP contribution in [0.3, 0.4) is 0 Å². The van der Waals surface area contributed by atoms with Gasteiger partial charge in [-0.05, 0) is 31.7 Å². The van der Waals surface area contributed by atoms with E-state index in [9.17, 15) is 9.59 Å². The number of hydrogen-bond acceptors (Lipinski definition) is 6. The van der Waals surface area contributed by atoms with E-state index >= 15 is 0 Å². The lowest BCUT2D eigenvalue weighted by Crippen LogP contribution is -2.33. The molecule has 0 saturated heterocycles. The minimum Gasteiger partial charge on any atom is -0.353 e. The Morgan fingerprint density at radius 3 is 2.89 bits per heavy atom. The molecule has 8 heteroatoms. The maximum Gasteiger partial charge on any atom is 0.260 e. The quantitative estimate of drug-likeness (QED) is 0.547. The summed E-state index contributed by atoms with van der Waals surface area (Å²) >= 11 is 4.58. The van der Waals surface area contributed by atoms with Crippen molar-refractivity contribution in [3.63, 3.8) is 0 Å². The lowest BCUT2D eigenvalue weighted by molar-refractivity contribution is -0.119. The minimum absolute atomic E-state index is 0.0207. The fourth-order valence-corrected chi connectivity index (χ4v) is 5.40. The summed E-state index contributed by atoms with van der Waals surface area (Å²) in [6, 6.07) is 4.18. The molecule has 0 aliphatic carbocycles. The molecule has 27 heavy (non-hydrogen) atoms. The van der Waals surface area contributed by atoms with Crippen molar-refractivity contribution in [2.75, 3.05) is 5.75 Å². The monoisotopic (exact) mass is 421 g/mol. The van der Waals surface area contributed by atoms with Crippen molar-refractivity contribution >= 4 is 50.6 Å². The van der Waals surface area contributed by atoms with Gasteiger partial charge in [-0.2, -0.15) is 0 Å². The normalized spacial score (nSPS) is 13.6. The summed E-state index contributed by atoms with van der Waals surface area (Å²) in [6.45, 7) is 6.09. The van der Waals surface area contributed by atoms with Gasteiger partial charge >= 0.3 is 0 Å². The summed E-state index contributed by atoms with van der Waals surface area (Å²) in [5.41, 5.74) is 0.822. The summed E-state index contributed by atoms with van der Waals surface area (Å²) in [5, 5.41) is 7.57. The molecule has 3 aromatic rings. The highest BCUT2D eigenvalue weighted by Crippen LogP contribution is 2.34. The summed E-state index contributed by atoms with van der Waals surface area (Å²) in [4.78, 5) is 34.1. The van der Waals surface area contributed by atoms with Gasteiger partial charge in [0.2, 0.25) is 5.91 Å². The van der Waals surface area contributed by atoms with Gasteiger partial charge in [-0.1, -0.05) is 19.4 Å². The Hall–Kier alpha value is -1.64. The minimum atomic E-state index is -0.117. The lowest BCUT2D eigenvalue weighted by Gasteiger charge is -2.14. The molecule has 3 aromatic heterocycles. The van der Waals surface area contributed by atoms with Crippen LogP contribution in [-0.2, 0) is 4.79 Å². The Labute approximate surface area is 170 Å². The van der Waals surface area contributed by atoms with E-state index in [1.165, 1.54) is 23.1 Å². The summed E-state index contributed by atoms with van der Waals surface area (Å²) < 4.78 is 0. The zero-order valence-corrected chi connectivity index (χ0v) is 18.0. The number of carbonyl (C=O) groups excluding carboxylic acids is 1. The highest BCUT2D eigenvalue weighted by molar-refractivity contribution is 8.00. The molecule has 0 fully saturated rings. The van der Waals surface area contributed by atoms with E-state index < -0.39 is 0 Å². The smallest absolute Gasteiger partial charge is 0.260 e. The van der Waals surface area contributed by atoms with Crippen LogP contribution in [0.4, 0.5) is 0 Å². The van der Waals surface area contributed by atoms with E-state index in [4.69, 9.17) is 0 Å². The van der Waals surface area contributed by atoms with Gasteiger partial charge in [-0.25, -0.2) is 4.98 Å². The van der Waals surface area contributed by atoms with E-state index in [-0.39, 0.29) is 22.8 Å². The number of thioether (sulfide) groups is 1. The number of fused-ring (bicyclic) bond motifs is 1. The van der Waals surface area contributed by atoms with Crippen LogP contribution in [0.5, 0.6) is 0 Å². The van der Waals surface area contributed by atoms with Gasteiger partial charge in [0.1, 0.15) is 10.7 Å². The average Bonchev–Trinajstić information content (AvgIpc) is 3.28. The van der Waals surface area contributed by atoms with Crippen molar-refractivity contribution in [3.8, 4) is 10.4 Å². The first-order chi connectivity index (χ1) is 13.0. The molecule has 0 radical (unpaired) electrons. The van der Waals surface area contributed by atoms with Crippen LogP contribution < -0.4 is 10.9 Å². The molecule has 0 bridgehead atoms. The van der Waals surface area contributed by atoms with Crippen molar-refractivity contribution < 1.29 is 4.79 Å². The van der Waals surface area contributed by atoms with E-state index in [2.05, 4.69) is 22.2 Å². The number of amides is 1. The Balaban J connectivity index is 1.72. The highest BCUT2D eigenvalue weighted by Gasteiger charge is 2.17. The van der Waals surface area contributed by atoms with Crippen LogP contribution in [0, 0.1) is 0 Å². The molecule has 0 unspecified atom stereocenters. The number of carbonyl (C=O) groups is 1. The largest absolute Gasteiger partial charge is 0.353 e. The van der Waals surface area contributed by atoms with Crippen LogP contribution in [0.15, 0.2) is 27.7 Å². The lowest BCUT2D eigenvalue weighted by atomic mass is 10.2. The fourth-order valence-electron chi connectivity index (χ4n) is 2.87.